The molecular weight excluding hydrogens is 332 g/mol. The van der Waals surface area contributed by atoms with E-state index < -0.39 is 5.97 Å². The number of carboxylic acids is 1. The summed E-state index contributed by atoms with van der Waals surface area (Å²) in [7, 11) is 0. The normalized spacial score (nSPS) is 11.9. The Morgan fingerprint density at radius 1 is 1.09 bits per heavy atom. The van der Waals surface area contributed by atoms with E-state index in [2.05, 4.69) is 0 Å². The number of rotatable bonds is 7. The molecule has 3 nitrogen and oxygen atoms in total. The van der Waals surface area contributed by atoms with Gasteiger partial charge in [-0.15, -0.1) is 11.8 Å². The van der Waals surface area contributed by atoms with E-state index in [-0.39, 0.29) is 23.2 Å². The first kappa shape index (κ1) is 17.6. The summed E-state index contributed by atoms with van der Waals surface area (Å²) in [5, 5.41) is 9.31. The predicted octanol–water partition coefficient (Wildman–Crippen LogP) is 4.78. The molecule has 23 heavy (non-hydrogen) atoms. The van der Waals surface area contributed by atoms with Crippen molar-refractivity contribution in [2.24, 2.45) is 0 Å². The lowest BCUT2D eigenvalue weighted by Crippen LogP contribution is -2.08. The number of aryl methyl sites for hydroxylation is 1. The van der Waals surface area contributed by atoms with Gasteiger partial charge in [0.1, 0.15) is 0 Å². The van der Waals surface area contributed by atoms with Crippen LogP contribution < -0.4 is 0 Å². The van der Waals surface area contributed by atoms with Gasteiger partial charge in [-0.1, -0.05) is 53.6 Å². The Hall–Kier alpha value is -1.78. The minimum absolute atomic E-state index is 0.00263. The highest BCUT2D eigenvalue weighted by Crippen LogP contribution is 2.33. The van der Waals surface area contributed by atoms with Crippen LogP contribution in [0.25, 0.3) is 0 Å². The number of halogens is 1. The molecule has 0 aliphatic carbocycles. The van der Waals surface area contributed by atoms with Gasteiger partial charge in [0, 0.05) is 22.3 Å². The fraction of sp³-hybridized carbons (Fsp3) is 0.222. The van der Waals surface area contributed by atoms with Crippen LogP contribution in [0.15, 0.2) is 48.5 Å². The zero-order valence-electron chi connectivity index (χ0n) is 12.7. The second kappa shape index (κ2) is 8.18. The standard InChI is InChI=1S/C18H17ClO3S/c1-12-2-4-13(5-3-12)16(20)10-17(23-11-18(21)22)14-6-8-15(19)9-7-14/h2-9,17H,10-11H2,1H3,(H,21,22). The third-order valence-electron chi connectivity index (χ3n) is 3.39. The minimum atomic E-state index is -0.892. The number of carboxylic acid groups (broad SMARTS) is 1. The molecular formula is C18H17ClO3S. The van der Waals surface area contributed by atoms with Crippen molar-refractivity contribution in [2.45, 2.75) is 18.6 Å². The van der Waals surface area contributed by atoms with E-state index in [1.165, 1.54) is 11.8 Å². The van der Waals surface area contributed by atoms with E-state index >= 15 is 0 Å². The number of thioether (sulfide) groups is 1. The largest absolute Gasteiger partial charge is 0.481 e. The highest BCUT2D eigenvalue weighted by atomic mass is 35.5. The van der Waals surface area contributed by atoms with Gasteiger partial charge < -0.3 is 5.11 Å². The maximum atomic E-state index is 12.5. The molecule has 2 aromatic rings. The maximum absolute atomic E-state index is 12.5. The van der Waals surface area contributed by atoms with E-state index in [9.17, 15) is 9.59 Å². The number of ketones is 1. The van der Waals surface area contributed by atoms with Crippen molar-refractivity contribution in [2.75, 3.05) is 5.75 Å². The van der Waals surface area contributed by atoms with E-state index in [1.54, 1.807) is 24.3 Å². The number of carbonyl (C=O) groups excluding carboxylic acids is 1. The fourth-order valence-electron chi connectivity index (χ4n) is 2.15. The zero-order chi connectivity index (χ0) is 16.8. The van der Waals surface area contributed by atoms with Crippen LogP contribution in [0, 0.1) is 6.92 Å². The molecule has 0 radical (unpaired) electrons. The summed E-state index contributed by atoms with van der Waals surface area (Å²) in [6.45, 7) is 1.97. The zero-order valence-corrected chi connectivity index (χ0v) is 14.2. The van der Waals surface area contributed by atoms with Crippen LogP contribution in [0.1, 0.15) is 33.2 Å². The van der Waals surface area contributed by atoms with Gasteiger partial charge in [-0.2, -0.15) is 0 Å². The highest BCUT2D eigenvalue weighted by molar-refractivity contribution is 8.00. The van der Waals surface area contributed by atoms with Crippen LogP contribution in [0.4, 0.5) is 0 Å². The van der Waals surface area contributed by atoms with Crippen LogP contribution in [-0.2, 0) is 4.79 Å². The van der Waals surface area contributed by atoms with Gasteiger partial charge >= 0.3 is 5.97 Å². The second-order valence-electron chi connectivity index (χ2n) is 5.24. The molecule has 120 valence electrons. The van der Waals surface area contributed by atoms with Gasteiger partial charge in [0.2, 0.25) is 0 Å². The maximum Gasteiger partial charge on any atom is 0.313 e. The minimum Gasteiger partial charge on any atom is -0.481 e. The average molecular weight is 349 g/mol. The van der Waals surface area contributed by atoms with Crippen molar-refractivity contribution < 1.29 is 14.7 Å². The molecule has 1 atom stereocenters. The molecule has 0 heterocycles. The Balaban J connectivity index is 2.16. The van der Waals surface area contributed by atoms with E-state index in [4.69, 9.17) is 16.7 Å². The summed E-state index contributed by atoms with van der Waals surface area (Å²) in [4.78, 5) is 23.3. The van der Waals surface area contributed by atoms with E-state index in [0.717, 1.165) is 11.1 Å². The van der Waals surface area contributed by atoms with Crippen molar-refractivity contribution >= 4 is 35.1 Å². The van der Waals surface area contributed by atoms with Gasteiger partial charge in [0.05, 0.1) is 5.75 Å². The predicted molar refractivity (Wildman–Crippen MR) is 94.4 cm³/mol. The van der Waals surface area contributed by atoms with E-state index in [0.29, 0.717) is 10.6 Å². The van der Waals surface area contributed by atoms with Crippen LogP contribution in [-0.4, -0.2) is 22.6 Å². The highest BCUT2D eigenvalue weighted by Gasteiger charge is 2.19. The number of hydrogen-bond acceptors (Lipinski definition) is 3. The van der Waals surface area contributed by atoms with Crippen molar-refractivity contribution in [3.8, 4) is 0 Å². The molecule has 0 bridgehead atoms. The molecule has 0 saturated carbocycles. The first-order valence-corrected chi connectivity index (χ1v) is 8.57. The number of aliphatic carboxylic acids is 1. The Morgan fingerprint density at radius 2 is 1.70 bits per heavy atom. The summed E-state index contributed by atoms with van der Waals surface area (Å²) in [5.74, 6) is -0.936. The topological polar surface area (TPSA) is 54.4 Å². The van der Waals surface area contributed by atoms with Gasteiger partial charge in [0.15, 0.2) is 5.78 Å². The number of benzene rings is 2. The molecule has 1 N–H and O–H groups in total. The number of hydrogen-bond donors (Lipinski definition) is 1. The summed E-state index contributed by atoms with van der Waals surface area (Å²) < 4.78 is 0. The van der Waals surface area contributed by atoms with E-state index in [1.807, 2.05) is 31.2 Å². The quantitative estimate of drug-likeness (QED) is 0.731. The summed E-state index contributed by atoms with van der Waals surface area (Å²) in [6, 6.07) is 14.6. The Labute approximate surface area is 144 Å². The average Bonchev–Trinajstić information content (AvgIpc) is 2.52. The molecule has 5 heteroatoms. The molecule has 0 spiro atoms. The summed E-state index contributed by atoms with van der Waals surface area (Å²) >= 11 is 7.14. The van der Waals surface area contributed by atoms with Crippen molar-refractivity contribution in [1.29, 1.82) is 0 Å². The lowest BCUT2D eigenvalue weighted by atomic mass is 10.0. The third kappa shape index (κ3) is 5.41. The van der Waals surface area contributed by atoms with Gasteiger partial charge in [0.25, 0.3) is 0 Å². The van der Waals surface area contributed by atoms with Crippen LogP contribution in [0.2, 0.25) is 5.02 Å². The van der Waals surface area contributed by atoms with Crippen molar-refractivity contribution in [1.82, 2.24) is 0 Å². The van der Waals surface area contributed by atoms with Crippen molar-refractivity contribution in [3.05, 3.63) is 70.2 Å². The monoisotopic (exact) mass is 348 g/mol. The Bertz CT molecular complexity index is 680. The SMILES string of the molecule is Cc1ccc(C(=O)CC(SCC(=O)O)c2ccc(Cl)cc2)cc1. The Kier molecular flexibility index (Phi) is 6.25. The second-order valence-corrected chi connectivity index (χ2v) is 6.87. The molecule has 0 aliphatic rings. The summed E-state index contributed by atoms with van der Waals surface area (Å²) in [6.07, 6.45) is 0.253. The third-order valence-corrected chi connectivity index (χ3v) is 4.90. The molecule has 1 unspecified atom stereocenters. The van der Waals surface area contributed by atoms with Crippen LogP contribution in [0.3, 0.4) is 0 Å². The van der Waals surface area contributed by atoms with Crippen LogP contribution >= 0.6 is 23.4 Å². The lowest BCUT2D eigenvalue weighted by molar-refractivity contribution is -0.133. The van der Waals surface area contributed by atoms with Gasteiger partial charge in [-0.25, -0.2) is 0 Å². The molecule has 0 fully saturated rings. The molecule has 0 aliphatic heterocycles. The first-order chi connectivity index (χ1) is 11.0. The lowest BCUT2D eigenvalue weighted by Gasteiger charge is -2.16. The number of carbonyl (C=O) groups is 2. The molecule has 2 rings (SSSR count). The van der Waals surface area contributed by atoms with Gasteiger partial charge in [-0.3, -0.25) is 9.59 Å². The summed E-state index contributed by atoms with van der Waals surface area (Å²) in [5.41, 5.74) is 2.64. The Morgan fingerprint density at radius 3 is 2.26 bits per heavy atom. The molecule has 0 amide bonds. The molecule has 0 saturated heterocycles. The van der Waals surface area contributed by atoms with Gasteiger partial charge in [-0.05, 0) is 24.6 Å². The smallest absolute Gasteiger partial charge is 0.313 e. The molecule has 0 aromatic heterocycles. The molecule has 2 aromatic carbocycles. The van der Waals surface area contributed by atoms with Crippen molar-refractivity contribution in [3.63, 3.8) is 0 Å². The van der Waals surface area contributed by atoms with Crippen LogP contribution in [0.5, 0.6) is 0 Å². The number of Topliss-reactive ketones (excluding diaryl/α,β-unsaturated/α-hetero) is 1. The first-order valence-electron chi connectivity index (χ1n) is 7.14. The fourth-order valence-corrected chi connectivity index (χ4v) is 3.24.